The number of nitrogens with zero attached hydrogens (tertiary/aromatic N) is 2. The molecule has 2 nitrogen and oxygen atoms in total. The average Bonchev–Trinajstić information content (AvgIpc) is 2.25. The number of benzene rings is 1. The topological polar surface area (TPSA) is 6.48 Å². The third-order valence-corrected chi connectivity index (χ3v) is 3.39. The van der Waals surface area contributed by atoms with Crippen LogP contribution in [0.2, 0.25) is 5.02 Å². The van der Waals surface area contributed by atoms with E-state index in [0.29, 0.717) is 0 Å². The van der Waals surface area contributed by atoms with Gasteiger partial charge in [-0.15, -0.1) is 0 Å². The first-order valence-electron chi connectivity index (χ1n) is 5.25. The van der Waals surface area contributed by atoms with Gasteiger partial charge < -0.3 is 9.80 Å². The molecule has 4 heteroatoms. The van der Waals surface area contributed by atoms with Crippen molar-refractivity contribution in [1.29, 1.82) is 0 Å². The summed E-state index contributed by atoms with van der Waals surface area (Å²) in [4.78, 5) is 4.38. The fourth-order valence-electron chi connectivity index (χ4n) is 1.56. The average molecular weight is 306 g/mol. The van der Waals surface area contributed by atoms with E-state index in [1.54, 1.807) is 0 Å². The van der Waals surface area contributed by atoms with Gasteiger partial charge in [-0.25, -0.2) is 0 Å². The molecule has 0 unspecified atom stereocenters. The Morgan fingerprint density at radius 1 is 1.19 bits per heavy atom. The molecule has 0 N–H and O–H groups in total. The highest BCUT2D eigenvalue weighted by Gasteiger charge is 2.10. The van der Waals surface area contributed by atoms with Crippen molar-refractivity contribution >= 4 is 33.2 Å². The van der Waals surface area contributed by atoms with E-state index in [9.17, 15) is 0 Å². The molecular formula is C12H18BrClN2. The van der Waals surface area contributed by atoms with Gasteiger partial charge in [0.05, 0.1) is 10.7 Å². The number of rotatable bonds is 5. The van der Waals surface area contributed by atoms with Gasteiger partial charge in [0.15, 0.2) is 0 Å². The lowest BCUT2D eigenvalue weighted by atomic mass is 10.2. The molecule has 0 spiro atoms. The van der Waals surface area contributed by atoms with Crippen LogP contribution in [0.5, 0.6) is 0 Å². The number of alkyl halides is 1. The zero-order valence-electron chi connectivity index (χ0n) is 10.0. The van der Waals surface area contributed by atoms with Crippen molar-refractivity contribution in [2.75, 3.05) is 39.1 Å². The van der Waals surface area contributed by atoms with Crippen molar-refractivity contribution in [3.8, 4) is 0 Å². The number of hydrogen-bond acceptors (Lipinski definition) is 2. The van der Waals surface area contributed by atoms with Crippen molar-refractivity contribution in [1.82, 2.24) is 4.90 Å². The molecule has 1 aromatic carbocycles. The van der Waals surface area contributed by atoms with E-state index in [-0.39, 0.29) is 0 Å². The number of hydrogen-bond donors (Lipinski definition) is 0. The molecule has 1 rings (SSSR count). The van der Waals surface area contributed by atoms with Crippen LogP contribution in [0.4, 0.5) is 5.69 Å². The van der Waals surface area contributed by atoms with Gasteiger partial charge in [-0.1, -0.05) is 39.7 Å². The molecule has 0 atom stereocenters. The first kappa shape index (κ1) is 13.8. The molecular weight excluding hydrogens is 288 g/mol. The van der Waals surface area contributed by atoms with E-state index in [2.05, 4.69) is 52.9 Å². The van der Waals surface area contributed by atoms with Gasteiger partial charge >= 0.3 is 0 Å². The summed E-state index contributed by atoms with van der Waals surface area (Å²) in [6.45, 7) is 1.99. The summed E-state index contributed by atoms with van der Waals surface area (Å²) in [5.74, 6) is 0. The van der Waals surface area contributed by atoms with Crippen LogP contribution in [0.25, 0.3) is 0 Å². The lowest BCUT2D eigenvalue weighted by Gasteiger charge is -2.24. The molecule has 0 bridgehead atoms. The van der Waals surface area contributed by atoms with Crippen molar-refractivity contribution in [3.05, 3.63) is 28.8 Å². The van der Waals surface area contributed by atoms with E-state index in [1.807, 2.05) is 12.1 Å². The minimum atomic E-state index is 0.818. The summed E-state index contributed by atoms with van der Waals surface area (Å²) in [5.41, 5.74) is 2.36. The van der Waals surface area contributed by atoms with Gasteiger partial charge in [0, 0.05) is 25.5 Å². The SMILES string of the molecule is CN(C)CCN(C)c1c(Cl)cccc1CBr. The predicted molar refractivity (Wildman–Crippen MR) is 75.9 cm³/mol. The third kappa shape index (κ3) is 3.65. The highest BCUT2D eigenvalue weighted by Crippen LogP contribution is 2.30. The van der Waals surface area contributed by atoms with Gasteiger partial charge in [-0.2, -0.15) is 0 Å². The van der Waals surface area contributed by atoms with Gasteiger partial charge in [-0.3, -0.25) is 0 Å². The normalized spacial score (nSPS) is 10.9. The Kier molecular flexibility index (Phi) is 5.59. The van der Waals surface area contributed by atoms with Crippen LogP contribution < -0.4 is 4.90 Å². The lowest BCUT2D eigenvalue weighted by Crippen LogP contribution is -2.29. The monoisotopic (exact) mass is 304 g/mol. The van der Waals surface area contributed by atoms with Crippen LogP contribution in [0.15, 0.2) is 18.2 Å². The molecule has 90 valence electrons. The maximum Gasteiger partial charge on any atom is 0.0642 e. The van der Waals surface area contributed by atoms with Crippen LogP contribution in [0.1, 0.15) is 5.56 Å². The van der Waals surface area contributed by atoms with Gasteiger partial charge in [0.1, 0.15) is 0 Å². The molecule has 1 aromatic rings. The highest BCUT2D eigenvalue weighted by atomic mass is 79.9. The Labute approximate surface area is 111 Å². The van der Waals surface area contributed by atoms with Crippen molar-refractivity contribution in [2.24, 2.45) is 0 Å². The van der Waals surface area contributed by atoms with E-state index < -0.39 is 0 Å². The zero-order chi connectivity index (χ0) is 12.1. The quantitative estimate of drug-likeness (QED) is 0.771. The number of likely N-dealkylation sites (N-methyl/N-ethyl adjacent to an activating group) is 2. The van der Waals surface area contributed by atoms with Crippen LogP contribution >= 0.6 is 27.5 Å². The van der Waals surface area contributed by atoms with E-state index in [0.717, 1.165) is 29.1 Å². The molecule has 0 fully saturated rings. The second-order valence-electron chi connectivity index (χ2n) is 4.11. The third-order valence-electron chi connectivity index (χ3n) is 2.48. The Morgan fingerprint density at radius 3 is 2.44 bits per heavy atom. The van der Waals surface area contributed by atoms with E-state index in [1.165, 1.54) is 5.56 Å². The second kappa shape index (κ2) is 6.48. The van der Waals surface area contributed by atoms with Crippen LogP contribution in [-0.4, -0.2) is 39.1 Å². The number of para-hydroxylation sites is 1. The van der Waals surface area contributed by atoms with Crippen LogP contribution in [0, 0.1) is 0 Å². The lowest BCUT2D eigenvalue weighted by molar-refractivity contribution is 0.416. The standard InChI is InChI=1S/C12H18BrClN2/c1-15(2)7-8-16(3)12-10(9-13)5-4-6-11(12)14/h4-6H,7-9H2,1-3H3. The molecule has 0 amide bonds. The molecule has 16 heavy (non-hydrogen) atoms. The smallest absolute Gasteiger partial charge is 0.0642 e. The highest BCUT2D eigenvalue weighted by molar-refractivity contribution is 9.08. The van der Waals surface area contributed by atoms with Gasteiger partial charge in [0.2, 0.25) is 0 Å². The summed E-state index contributed by atoms with van der Waals surface area (Å²) >= 11 is 9.74. The van der Waals surface area contributed by atoms with Gasteiger partial charge in [-0.05, 0) is 25.7 Å². The summed E-state index contributed by atoms with van der Waals surface area (Å²) in [6.07, 6.45) is 0. The van der Waals surface area contributed by atoms with E-state index >= 15 is 0 Å². The Bertz CT molecular complexity index is 342. The Balaban J connectivity index is 2.84. The minimum Gasteiger partial charge on any atom is -0.372 e. The maximum absolute atomic E-state index is 6.24. The van der Waals surface area contributed by atoms with Crippen molar-refractivity contribution in [2.45, 2.75) is 5.33 Å². The van der Waals surface area contributed by atoms with Gasteiger partial charge in [0.25, 0.3) is 0 Å². The molecule has 0 saturated heterocycles. The fraction of sp³-hybridized carbons (Fsp3) is 0.500. The second-order valence-corrected chi connectivity index (χ2v) is 5.07. The minimum absolute atomic E-state index is 0.818. The predicted octanol–water partition coefficient (Wildman–Crippen LogP) is 3.23. The maximum atomic E-state index is 6.24. The Hall–Kier alpha value is -0.250. The first-order chi connectivity index (χ1) is 7.56. The molecule has 0 heterocycles. The molecule has 0 aliphatic rings. The number of halogens is 2. The summed E-state index contributed by atoms with van der Waals surface area (Å²) in [7, 11) is 6.23. The van der Waals surface area contributed by atoms with Crippen molar-refractivity contribution < 1.29 is 0 Å². The van der Waals surface area contributed by atoms with E-state index in [4.69, 9.17) is 11.6 Å². The number of anilines is 1. The molecule has 0 radical (unpaired) electrons. The largest absolute Gasteiger partial charge is 0.372 e. The molecule has 0 aromatic heterocycles. The molecule has 0 aliphatic carbocycles. The van der Waals surface area contributed by atoms with Crippen LogP contribution in [-0.2, 0) is 5.33 Å². The van der Waals surface area contributed by atoms with Crippen molar-refractivity contribution in [3.63, 3.8) is 0 Å². The summed E-state index contributed by atoms with van der Waals surface area (Å²) in [5, 5.41) is 1.65. The molecule has 0 aliphatic heterocycles. The summed E-state index contributed by atoms with van der Waals surface area (Å²) < 4.78 is 0. The Morgan fingerprint density at radius 2 is 1.88 bits per heavy atom. The van der Waals surface area contributed by atoms with Crippen LogP contribution in [0.3, 0.4) is 0 Å². The zero-order valence-corrected chi connectivity index (χ0v) is 12.3. The molecule has 0 saturated carbocycles. The fourth-order valence-corrected chi connectivity index (χ4v) is 2.35. The first-order valence-corrected chi connectivity index (χ1v) is 6.75. The summed E-state index contributed by atoms with van der Waals surface area (Å²) in [6, 6.07) is 6.03.